The van der Waals surface area contributed by atoms with E-state index in [0.717, 1.165) is 15.7 Å². The predicted octanol–water partition coefficient (Wildman–Crippen LogP) is 4.48. The van der Waals surface area contributed by atoms with Crippen LogP contribution in [0.5, 0.6) is 17.2 Å². The first-order chi connectivity index (χ1) is 15.7. The number of nitrogens with zero attached hydrogens (tertiary/aromatic N) is 6. The van der Waals surface area contributed by atoms with Gasteiger partial charge in [0.25, 0.3) is 0 Å². The first-order valence-electron chi connectivity index (χ1n) is 10.4. The van der Waals surface area contributed by atoms with Gasteiger partial charge in [0, 0.05) is 19.5 Å². The van der Waals surface area contributed by atoms with Crippen LogP contribution in [-0.4, -0.2) is 61.7 Å². The van der Waals surface area contributed by atoms with Crippen molar-refractivity contribution in [2.75, 3.05) is 40.3 Å². The number of fused-ring (bicyclic) bond motifs is 1. The van der Waals surface area contributed by atoms with Gasteiger partial charge in [-0.05, 0) is 24.3 Å². The Labute approximate surface area is 197 Å². The Balaban J connectivity index is 1.89. The molecule has 0 bridgehead atoms. The van der Waals surface area contributed by atoms with Crippen LogP contribution in [0.1, 0.15) is 26.6 Å². The van der Waals surface area contributed by atoms with Crippen molar-refractivity contribution in [3.8, 4) is 28.6 Å². The Bertz CT molecular complexity index is 1250. The van der Waals surface area contributed by atoms with E-state index in [0.29, 0.717) is 40.2 Å². The lowest BCUT2D eigenvalue weighted by atomic mass is 9.87. The molecular weight excluding hydrogens is 440 g/mol. The Morgan fingerprint density at radius 1 is 0.909 bits per heavy atom. The second-order valence-electron chi connectivity index (χ2n) is 8.71. The Hall–Kier alpha value is -3.40. The minimum Gasteiger partial charge on any atom is -0.493 e. The van der Waals surface area contributed by atoms with Crippen LogP contribution in [0.15, 0.2) is 34.4 Å². The molecule has 0 saturated carbocycles. The molecule has 33 heavy (non-hydrogen) atoms. The second-order valence-corrected chi connectivity index (χ2v) is 9.75. The SMILES string of the molecule is COc1ccc(-c2nnc3n2N=C(C(C)(C)C)/C3=N/c2ccc(N(C)C)s2)c(OC)c1OC. The third-order valence-electron chi connectivity index (χ3n) is 5.17. The second kappa shape index (κ2) is 8.51. The van der Waals surface area contributed by atoms with Crippen LogP contribution in [0.4, 0.5) is 10.0 Å². The van der Waals surface area contributed by atoms with Crippen molar-refractivity contribution in [2.45, 2.75) is 20.8 Å². The van der Waals surface area contributed by atoms with E-state index in [-0.39, 0.29) is 5.41 Å². The van der Waals surface area contributed by atoms with E-state index >= 15 is 0 Å². The van der Waals surface area contributed by atoms with Gasteiger partial charge in [-0.2, -0.15) is 9.78 Å². The number of rotatable bonds is 6. The number of hydrogen-bond acceptors (Lipinski definition) is 9. The molecule has 1 aromatic carbocycles. The summed E-state index contributed by atoms with van der Waals surface area (Å²) >= 11 is 1.61. The van der Waals surface area contributed by atoms with Crippen molar-refractivity contribution < 1.29 is 14.2 Å². The molecule has 0 saturated heterocycles. The molecule has 0 N–H and O–H groups in total. The Morgan fingerprint density at radius 2 is 1.61 bits per heavy atom. The van der Waals surface area contributed by atoms with Gasteiger partial charge in [0.15, 0.2) is 17.3 Å². The van der Waals surface area contributed by atoms with Crippen molar-refractivity contribution in [3.05, 3.63) is 30.1 Å². The fourth-order valence-corrected chi connectivity index (χ4v) is 4.36. The summed E-state index contributed by atoms with van der Waals surface area (Å²) in [5.74, 6) is 2.67. The number of hydrogen-bond donors (Lipinski definition) is 0. The topological polar surface area (TPSA) is 86.4 Å². The fourth-order valence-electron chi connectivity index (χ4n) is 3.56. The van der Waals surface area contributed by atoms with E-state index in [4.69, 9.17) is 24.3 Å². The van der Waals surface area contributed by atoms with Gasteiger partial charge >= 0.3 is 0 Å². The van der Waals surface area contributed by atoms with Crippen molar-refractivity contribution >= 4 is 32.8 Å². The molecule has 3 aromatic rings. The van der Waals surface area contributed by atoms with E-state index in [1.54, 1.807) is 37.3 Å². The minimum atomic E-state index is -0.250. The van der Waals surface area contributed by atoms with Gasteiger partial charge in [0.2, 0.25) is 11.6 Å². The largest absolute Gasteiger partial charge is 0.493 e. The molecule has 1 aliphatic rings. The van der Waals surface area contributed by atoms with Gasteiger partial charge in [0.1, 0.15) is 10.7 Å². The summed E-state index contributed by atoms with van der Waals surface area (Å²) in [6.45, 7) is 6.33. The van der Waals surface area contributed by atoms with Crippen LogP contribution in [0.2, 0.25) is 0 Å². The van der Waals surface area contributed by atoms with Gasteiger partial charge in [-0.1, -0.05) is 32.1 Å². The zero-order valence-corrected chi connectivity index (χ0v) is 20.9. The molecule has 2 aromatic heterocycles. The summed E-state index contributed by atoms with van der Waals surface area (Å²) in [5, 5.41) is 15.8. The van der Waals surface area contributed by atoms with Crippen molar-refractivity contribution in [1.29, 1.82) is 0 Å². The van der Waals surface area contributed by atoms with E-state index < -0.39 is 0 Å². The monoisotopic (exact) mass is 468 g/mol. The summed E-state index contributed by atoms with van der Waals surface area (Å²) in [6.07, 6.45) is 0. The number of aromatic nitrogens is 3. The summed E-state index contributed by atoms with van der Waals surface area (Å²) in [5.41, 5.74) is 2.00. The van der Waals surface area contributed by atoms with Crippen LogP contribution in [0.25, 0.3) is 11.4 Å². The van der Waals surface area contributed by atoms with Gasteiger partial charge in [-0.15, -0.1) is 10.2 Å². The van der Waals surface area contributed by atoms with Crippen LogP contribution in [0, 0.1) is 5.41 Å². The molecule has 9 nitrogen and oxygen atoms in total. The van der Waals surface area contributed by atoms with E-state index in [2.05, 4.69) is 41.9 Å². The van der Waals surface area contributed by atoms with Crippen LogP contribution in [-0.2, 0) is 0 Å². The number of methoxy groups -OCH3 is 3. The summed E-state index contributed by atoms with van der Waals surface area (Å²) in [6, 6.07) is 7.73. The highest BCUT2D eigenvalue weighted by atomic mass is 32.1. The molecule has 0 amide bonds. The van der Waals surface area contributed by atoms with Crippen LogP contribution >= 0.6 is 11.3 Å². The lowest BCUT2D eigenvalue weighted by Crippen LogP contribution is -2.27. The van der Waals surface area contributed by atoms with E-state index in [1.165, 1.54) is 0 Å². The molecular formula is C23H28N6O3S. The number of anilines is 1. The highest BCUT2D eigenvalue weighted by Gasteiger charge is 2.36. The van der Waals surface area contributed by atoms with Gasteiger partial charge < -0.3 is 19.1 Å². The first-order valence-corrected chi connectivity index (χ1v) is 11.2. The molecule has 0 unspecified atom stereocenters. The molecule has 1 aliphatic heterocycles. The van der Waals surface area contributed by atoms with Crippen LogP contribution < -0.4 is 19.1 Å². The van der Waals surface area contributed by atoms with E-state index in [9.17, 15) is 0 Å². The smallest absolute Gasteiger partial charge is 0.205 e. The molecule has 0 radical (unpaired) electrons. The van der Waals surface area contributed by atoms with Crippen molar-refractivity contribution in [3.63, 3.8) is 0 Å². The quantitative estimate of drug-likeness (QED) is 0.530. The molecule has 0 fully saturated rings. The van der Waals surface area contributed by atoms with Gasteiger partial charge in [0.05, 0.1) is 37.6 Å². The standard InChI is InChI=1S/C23H28N6O3S/c1-23(2,3)20-17(24-15-11-12-16(33-15)28(4)5)22-26-25-21(29(22)27-20)13-9-10-14(30-6)19(32-8)18(13)31-7/h9-12H,1-8H3/b24-17-. The van der Waals surface area contributed by atoms with Gasteiger partial charge in [-0.3, -0.25) is 0 Å². The summed E-state index contributed by atoms with van der Waals surface area (Å²) in [4.78, 5) is 7.00. The molecule has 0 spiro atoms. The number of thiophene rings is 1. The predicted molar refractivity (Wildman–Crippen MR) is 132 cm³/mol. The Kier molecular flexibility index (Phi) is 5.87. The number of ether oxygens (including phenoxy) is 3. The maximum atomic E-state index is 5.67. The zero-order chi connectivity index (χ0) is 23.9. The summed E-state index contributed by atoms with van der Waals surface area (Å²) in [7, 11) is 8.76. The number of benzene rings is 1. The molecule has 4 rings (SSSR count). The summed E-state index contributed by atoms with van der Waals surface area (Å²) < 4.78 is 18.3. The van der Waals surface area contributed by atoms with Crippen molar-refractivity contribution in [1.82, 2.24) is 14.9 Å². The third kappa shape index (κ3) is 3.95. The average molecular weight is 469 g/mol. The highest BCUT2D eigenvalue weighted by Crippen LogP contribution is 2.44. The maximum Gasteiger partial charge on any atom is 0.205 e. The first kappa shape index (κ1) is 22.8. The lowest BCUT2D eigenvalue weighted by Gasteiger charge is -2.18. The fraction of sp³-hybridized carbons (Fsp3) is 0.391. The normalized spacial score (nSPS) is 14.3. The molecule has 0 aliphatic carbocycles. The Morgan fingerprint density at radius 3 is 2.18 bits per heavy atom. The average Bonchev–Trinajstić information content (AvgIpc) is 3.48. The maximum absolute atomic E-state index is 5.67. The number of aliphatic imine (C=N–C) groups is 1. The third-order valence-corrected chi connectivity index (χ3v) is 6.32. The highest BCUT2D eigenvalue weighted by molar-refractivity contribution is 7.19. The van der Waals surface area contributed by atoms with Crippen molar-refractivity contribution in [2.24, 2.45) is 15.5 Å². The molecule has 174 valence electrons. The molecule has 10 heteroatoms. The van der Waals surface area contributed by atoms with Gasteiger partial charge in [-0.25, -0.2) is 4.99 Å². The zero-order valence-electron chi connectivity index (χ0n) is 20.1. The van der Waals surface area contributed by atoms with Crippen LogP contribution in [0.3, 0.4) is 0 Å². The molecule has 3 heterocycles. The minimum absolute atomic E-state index is 0.250. The molecule has 0 atom stereocenters. The van der Waals surface area contributed by atoms with E-state index in [1.807, 2.05) is 32.3 Å². The lowest BCUT2D eigenvalue weighted by molar-refractivity contribution is 0.325.